The lowest BCUT2D eigenvalue weighted by molar-refractivity contribution is -0.138. The van der Waals surface area contributed by atoms with Crippen LogP contribution in [0.15, 0.2) is 84.4 Å². The van der Waals surface area contributed by atoms with Gasteiger partial charge in [-0.25, -0.2) is 0 Å². The van der Waals surface area contributed by atoms with Gasteiger partial charge in [-0.3, -0.25) is 33.8 Å². The van der Waals surface area contributed by atoms with Crippen molar-refractivity contribution in [3.8, 4) is 5.75 Å². The highest BCUT2D eigenvalue weighted by molar-refractivity contribution is 6.53. The Morgan fingerprint density at radius 3 is 2.22 bits per heavy atom. The Morgan fingerprint density at radius 2 is 1.53 bits per heavy atom. The van der Waals surface area contributed by atoms with E-state index in [1.807, 2.05) is 6.07 Å². The SMILES string of the molecule is CN1C(=O)[C@]2(Cl)C[C@@H]3C(=CC[C@@H]4C(=O)N(c5ccc(C(=O)c6ccccc6)cc5)C(=O)[C@@H]43)[C@H](c3cc(Cl)ccc3O)[C@]2(Cl)C1=O. The van der Waals surface area contributed by atoms with E-state index in [-0.39, 0.29) is 35.0 Å². The molecule has 45 heavy (non-hydrogen) atoms. The van der Waals surface area contributed by atoms with Crippen LogP contribution in [-0.2, 0) is 19.2 Å². The number of alkyl halides is 2. The molecule has 7 rings (SSSR count). The number of ketones is 1. The van der Waals surface area contributed by atoms with Crippen LogP contribution in [0.1, 0.15) is 40.2 Å². The van der Waals surface area contributed by atoms with Gasteiger partial charge in [-0.2, -0.15) is 0 Å². The van der Waals surface area contributed by atoms with E-state index in [0.717, 1.165) is 9.80 Å². The smallest absolute Gasteiger partial charge is 0.253 e. The number of phenols is 1. The average molecular weight is 664 g/mol. The first-order valence-corrected chi connectivity index (χ1v) is 15.5. The molecule has 0 aromatic heterocycles. The summed E-state index contributed by atoms with van der Waals surface area (Å²) in [7, 11) is 1.30. The van der Waals surface area contributed by atoms with E-state index in [1.54, 1.807) is 54.6 Å². The van der Waals surface area contributed by atoms with Crippen LogP contribution in [0.25, 0.3) is 0 Å². The Morgan fingerprint density at radius 1 is 0.867 bits per heavy atom. The van der Waals surface area contributed by atoms with E-state index >= 15 is 0 Å². The Bertz CT molecular complexity index is 1860. The third kappa shape index (κ3) is 4.02. The number of fused-ring (bicyclic) bond motifs is 4. The third-order valence-electron chi connectivity index (χ3n) is 9.74. The van der Waals surface area contributed by atoms with E-state index in [0.29, 0.717) is 22.4 Å². The number of amides is 4. The molecule has 0 spiro atoms. The molecule has 0 radical (unpaired) electrons. The summed E-state index contributed by atoms with van der Waals surface area (Å²) < 4.78 is 0. The number of carbonyl (C=O) groups excluding carboxylic acids is 5. The lowest BCUT2D eigenvalue weighted by Gasteiger charge is -2.50. The number of benzene rings is 3. The number of hydrogen-bond donors (Lipinski definition) is 1. The van der Waals surface area contributed by atoms with E-state index in [4.69, 9.17) is 34.8 Å². The highest BCUT2D eigenvalue weighted by Crippen LogP contribution is 2.66. The lowest BCUT2D eigenvalue weighted by Crippen LogP contribution is -2.60. The van der Waals surface area contributed by atoms with Gasteiger partial charge >= 0.3 is 0 Å². The molecule has 4 amide bonds. The molecule has 2 heterocycles. The van der Waals surface area contributed by atoms with Crippen LogP contribution in [0.2, 0.25) is 5.02 Å². The van der Waals surface area contributed by atoms with Gasteiger partial charge < -0.3 is 5.11 Å². The number of imide groups is 2. The molecule has 3 aromatic rings. The first-order valence-electron chi connectivity index (χ1n) is 14.4. The van der Waals surface area contributed by atoms with Gasteiger partial charge in [-0.1, -0.05) is 53.6 Å². The van der Waals surface area contributed by atoms with Crippen LogP contribution in [0.4, 0.5) is 5.69 Å². The Hall–Kier alpha value is -3.98. The number of nitrogens with zero attached hydrogens (tertiary/aromatic N) is 2. The monoisotopic (exact) mass is 662 g/mol. The number of halogens is 3. The molecule has 2 aliphatic heterocycles. The molecule has 4 aliphatic rings. The largest absolute Gasteiger partial charge is 0.508 e. The first kappa shape index (κ1) is 29.7. The standard InChI is InChI=1S/C34H25Cl3N2O6/c1-38-31(44)33(36)16-24-21(27(34(33,37)32(38)45)23-15-19(35)9-14-25(23)40)12-13-22-26(24)30(43)39(29(22)42)20-10-7-18(8-11-20)28(41)17-5-3-2-4-6-17/h2-12,14-15,22,24,26-27,40H,13,16H2,1H3/t22-,24+,26-,27+,33+,34-/m0/s1. The quantitative estimate of drug-likeness (QED) is 0.172. The summed E-state index contributed by atoms with van der Waals surface area (Å²) in [5.74, 6) is -6.26. The van der Waals surface area contributed by atoms with Crippen molar-refractivity contribution in [2.24, 2.45) is 17.8 Å². The lowest BCUT2D eigenvalue weighted by atomic mass is 9.56. The third-order valence-corrected chi connectivity index (χ3v) is 11.4. The molecule has 0 unspecified atom stereocenters. The Balaban J connectivity index is 1.29. The maximum absolute atomic E-state index is 14.2. The van der Waals surface area contributed by atoms with Gasteiger partial charge in [-0.15, -0.1) is 23.2 Å². The topological polar surface area (TPSA) is 112 Å². The number of phenolic OH excluding ortho intramolecular Hbond substituents is 1. The second kappa shape index (κ2) is 10.3. The summed E-state index contributed by atoms with van der Waals surface area (Å²) in [5, 5.41) is 11.2. The summed E-state index contributed by atoms with van der Waals surface area (Å²) in [6.45, 7) is 0. The minimum absolute atomic E-state index is 0.167. The highest BCUT2D eigenvalue weighted by Gasteiger charge is 2.76. The minimum atomic E-state index is -2.02. The van der Waals surface area contributed by atoms with Gasteiger partial charge in [-0.05, 0) is 61.2 Å². The molecule has 2 aliphatic carbocycles. The highest BCUT2D eigenvalue weighted by atomic mass is 35.5. The summed E-state index contributed by atoms with van der Waals surface area (Å²) >= 11 is 20.6. The Kier molecular flexibility index (Phi) is 6.78. The number of aromatic hydroxyl groups is 1. The molecule has 3 aromatic carbocycles. The van der Waals surface area contributed by atoms with E-state index < -0.39 is 57.0 Å². The van der Waals surface area contributed by atoms with Crippen molar-refractivity contribution in [2.45, 2.75) is 28.5 Å². The van der Waals surface area contributed by atoms with Gasteiger partial charge in [0.15, 0.2) is 15.5 Å². The number of rotatable bonds is 4. The first-order chi connectivity index (χ1) is 21.4. The molecule has 6 atom stereocenters. The predicted octanol–water partition coefficient (Wildman–Crippen LogP) is 5.47. The average Bonchev–Trinajstić information content (AvgIpc) is 3.37. The molecule has 0 bridgehead atoms. The molecule has 1 saturated carbocycles. The van der Waals surface area contributed by atoms with Crippen molar-refractivity contribution in [3.05, 3.63) is 106 Å². The van der Waals surface area contributed by atoms with Crippen molar-refractivity contribution in [2.75, 3.05) is 11.9 Å². The molecular weight excluding hydrogens is 639 g/mol. The van der Waals surface area contributed by atoms with Crippen LogP contribution in [0, 0.1) is 17.8 Å². The zero-order valence-electron chi connectivity index (χ0n) is 23.7. The van der Waals surface area contributed by atoms with Crippen molar-refractivity contribution in [3.63, 3.8) is 0 Å². The van der Waals surface area contributed by atoms with E-state index in [2.05, 4.69) is 0 Å². The van der Waals surface area contributed by atoms with Crippen LogP contribution >= 0.6 is 34.8 Å². The van der Waals surface area contributed by atoms with Crippen LogP contribution < -0.4 is 4.90 Å². The fourth-order valence-corrected chi connectivity index (χ4v) is 8.81. The number of hydrogen-bond acceptors (Lipinski definition) is 6. The van der Waals surface area contributed by atoms with Crippen LogP contribution in [0.5, 0.6) is 5.75 Å². The van der Waals surface area contributed by atoms with Gasteiger partial charge in [0.2, 0.25) is 11.8 Å². The fourth-order valence-electron chi connectivity index (χ4n) is 7.62. The van der Waals surface area contributed by atoms with Crippen molar-refractivity contribution < 1.29 is 29.1 Å². The van der Waals surface area contributed by atoms with Crippen molar-refractivity contribution in [1.82, 2.24) is 4.90 Å². The molecule has 228 valence electrons. The summed E-state index contributed by atoms with van der Waals surface area (Å²) in [5.41, 5.74) is 1.96. The number of likely N-dealkylation sites (tertiary alicyclic amines) is 1. The summed E-state index contributed by atoms with van der Waals surface area (Å²) in [6.07, 6.45) is 1.78. The maximum Gasteiger partial charge on any atom is 0.253 e. The minimum Gasteiger partial charge on any atom is -0.508 e. The van der Waals surface area contributed by atoms with Crippen LogP contribution in [0.3, 0.4) is 0 Å². The fraction of sp³-hybridized carbons (Fsp3) is 0.265. The van der Waals surface area contributed by atoms with Gasteiger partial charge in [0.05, 0.1) is 17.5 Å². The van der Waals surface area contributed by atoms with E-state index in [9.17, 15) is 29.1 Å². The van der Waals surface area contributed by atoms with Gasteiger partial charge in [0, 0.05) is 34.7 Å². The van der Waals surface area contributed by atoms with Crippen molar-refractivity contribution >= 4 is 69.9 Å². The molecule has 2 saturated heterocycles. The molecule has 8 nitrogen and oxygen atoms in total. The predicted molar refractivity (Wildman–Crippen MR) is 167 cm³/mol. The second-order valence-electron chi connectivity index (χ2n) is 12.0. The number of carbonyl (C=O) groups is 5. The molecule has 11 heteroatoms. The van der Waals surface area contributed by atoms with Gasteiger partial charge in [0.1, 0.15) is 5.75 Å². The number of anilines is 1. The summed E-state index contributed by atoms with van der Waals surface area (Å²) in [4.78, 5) is 66.2. The molecule has 1 N–H and O–H groups in total. The molecule has 3 fully saturated rings. The maximum atomic E-state index is 14.2. The van der Waals surface area contributed by atoms with Crippen molar-refractivity contribution in [1.29, 1.82) is 0 Å². The van der Waals surface area contributed by atoms with Crippen LogP contribution in [-0.4, -0.2) is 56.2 Å². The normalized spacial score (nSPS) is 30.6. The second-order valence-corrected chi connectivity index (χ2v) is 13.6. The Labute approximate surface area is 273 Å². The molecular formula is C34H25Cl3N2O6. The van der Waals surface area contributed by atoms with E-state index in [1.165, 1.54) is 25.2 Å². The van der Waals surface area contributed by atoms with Gasteiger partial charge in [0.25, 0.3) is 11.8 Å². The zero-order valence-corrected chi connectivity index (χ0v) is 26.0. The number of allylic oxidation sites excluding steroid dienone is 2. The zero-order chi connectivity index (χ0) is 32.0. The summed E-state index contributed by atoms with van der Waals surface area (Å²) in [6, 6.07) is 19.3.